The number of rotatable bonds is 14. The lowest BCUT2D eigenvalue weighted by atomic mass is 10.1. The topological polar surface area (TPSA) is 136 Å². The quantitative estimate of drug-likeness (QED) is 0.139. The summed E-state index contributed by atoms with van der Waals surface area (Å²) in [6, 6.07) is 0. The highest BCUT2D eigenvalue weighted by Crippen LogP contribution is 2.17. The molecule has 0 aromatic carbocycles. The number of amides is 2. The molecule has 0 aromatic rings. The van der Waals surface area contributed by atoms with Gasteiger partial charge >= 0.3 is 11.9 Å². The Labute approximate surface area is 206 Å². The number of azo groups is 1. The zero-order chi connectivity index (χ0) is 24.9. The van der Waals surface area contributed by atoms with Gasteiger partial charge in [0, 0.05) is 0 Å². The first-order valence-corrected chi connectivity index (χ1v) is 11.9. The van der Waals surface area contributed by atoms with E-state index in [1.807, 2.05) is 0 Å². The Kier molecular flexibility index (Phi) is 13.9. The molecule has 0 rings (SSSR count). The van der Waals surface area contributed by atoms with Gasteiger partial charge in [0.15, 0.2) is 0 Å². The van der Waals surface area contributed by atoms with Crippen LogP contribution in [0.25, 0.3) is 0 Å². The zero-order valence-corrected chi connectivity index (χ0v) is 22.7. The first kappa shape index (κ1) is 30.4. The van der Waals surface area contributed by atoms with Crippen LogP contribution in [0.2, 0.25) is 0 Å². The average molecular weight is 586 g/mol. The molecule has 0 aliphatic heterocycles. The van der Waals surface area contributed by atoms with E-state index in [4.69, 9.17) is 9.47 Å². The molecular formula is C20H34Br2N4O6. The fourth-order valence-corrected chi connectivity index (χ4v) is 2.08. The maximum Gasteiger partial charge on any atom is 0.322 e. The molecule has 2 amide bonds. The van der Waals surface area contributed by atoms with E-state index in [1.165, 1.54) is 0 Å². The van der Waals surface area contributed by atoms with Gasteiger partial charge in [0.05, 0.1) is 38.0 Å². The van der Waals surface area contributed by atoms with Crippen LogP contribution in [0.1, 0.15) is 41.5 Å². The zero-order valence-electron chi connectivity index (χ0n) is 19.5. The Hall–Kier alpha value is -1.56. The van der Waals surface area contributed by atoms with Gasteiger partial charge in [-0.15, -0.1) is 0 Å². The summed E-state index contributed by atoms with van der Waals surface area (Å²) < 4.78 is 8.54. The summed E-state index contributed by atoms with van der Waals surface area (Å²) in [5.74, 6) is -2.11. The number of ether oxygens (including phenoxy) is 2. The molecule has 0 heterocycles. The Bertz CT molecular complexity index is 618. The smallest absolute Gasteiger partial charge is 0.322 e. The number of hydrogen-bond donors (Lipinski definition) is 2. The number of hydrogen-bond acceptors (Lipinski definition) is 8. The first-order valence-electron chi connectivity index (χ1n) is 10.3. The highest BCUT2D eigenvalue weighted by Gasteiger charge is 2.26. The summed E-state index contributed by atoms with van der Waals surface area (Å²) >= 11 is 6.40. The molecule has 0 saturated heterocycles. The summed E-state index contributed by atoms with van der Waals surface area (Å²) in [6.07, 6.45) is 0. The number of carbonyl (C=O) groups is 4. The van der Waals surface area contributed by atoms with Crippen LogP contribution in [0.15, 0.2) is 10.2 Å². The predicted octanol–water partition coefficient (Wildman–Crippen LogP) is 2.38. The van der Waals surface area contributed by atoms with Crippen molar-refractivity contribution in [1.29, 1.82) is 0 Å². The lowest BCUT2D eigenvalue weighted by Crippen LogP contribution is -2.35. The standard InChI is InChI=1S/C20H34Br2N4O6/c1-13(15(27)23-7-9-31-17(29)19(3,4)21)11-25-26-12-14(2)16(28)24-8-10-32-18(30)20(5,6)22/h13-14H,7-12H2,1-6H3,(H,23,27)(H,24,28). The van der Waals surface area contributed by atoms with Gasteiger partial charge in [-0.1, -0.05) is 45.7 Å². The molecule has 32 heavy (non-hydrogen) atoms. The number of carbonyl (C=O) groups excluding carboxylic acids is 4. The molecule has 0 aliphatic rings. The Morgan fingerprint density at radius 1 is 0.750 bits per heavy atom. The number of alkyl halides is 2. The largest absolute Gasteiger partial charge is 0.463 e. The van der Waals surface area contributed by atoms with Gasteiger partial charge < -0.3 is 20.1 Å². The molecule has 184 valence electrons. The van der Waals surface area contributed by atoms with Crippen LogP contribution in [-0.4, -0.2) is 71.8 Å². The minimum Gasteiger partial charge on any atom is -0.463 e. The molecule has 0 aromatic heterocycles. The van der Waals surface area contributed by atoms with Crippen LogP contribution in [-0.2, 0) is 28.7 Å². The fourth-order valence-electron chi connectivity index (χ4n) is 1.85. The number of nitrogens with one attached hydrogen (secondary N) is 2. The number of nitrogens with zero attached hydrogens (tertiary/aromatic N) is 2. The van der Waals surface area contributed by atoms with Crippen molar-refractivity contribution in [2.75, 3.05) is 39.4 Å². The summed E-state index contributed by atoms with van der Waals surface area (Å²) in [7, 11) is 0. The van der Waals surface area contributed by atoms with Gasteiger partial charge in [-0.3, -0.25) is 19.2 Å². The molecule has 0 spiro atoms. The van der Waals surface area contributed by atoms with E-state index in [1.54, 1.807) is 41.5 Å². The van der Waals surface area contributed by atoms with Crippen LogP contribution in [0.5, 0.6) is 0 Å². The van der Waals surface area contributed by atoms with E-state index in [2.05, 4.69) is 52.7 Å². The molecule has 2 unspecified atom stereocenters. The SMILES string of the molecule is CC(CN=NCC(C)C(=O)NCCOC(=O)C(C)(C)Br)C(=O)NCCOC(=O)C(C)(C)Br. The maximum absolute atomic E-state index is 12.0. The van der Waals surface area contributed by atoms with Gasteiger partial charge in [-0.05, 0) is 27.7 Å². The summed E-state index contributed by atoms with van der Waals surface area (Å²) in [5, 5.41) is 13.3. The molecular weight excluding hydrogens is 552 g/mol. The lowest BCUT2D eigenvalue weighted by Gasteiger charge is -2.15. The highest BCUT2D eigenvalue weighted by molar-refractivity contribution is 9.10. The van der Waals surface area contributed by atoms with Crippen molar-refractivity contribution in [3.63, 3.8) is 0 Å². The van der Waals surface area contributed by atoms with E-state index in [0.29, 0.717) is 0 Å². The Morgan fingerprint density at radius 3 is 1.34 bits per heavy atom. The van der Waals surface area contributed by atoms with Crippen molar-refractivity contribution >= 4 is 55.6 Å². The van der Waals surface area contributed by atoms with E-state index in [9.17, 15) is 19.2 Å². The summed E-state index contributed by atoms with van der Waals surface area (Å²) in [5.41, 5.74) is 0. The third-order valence-corrected chi connectivity index (χ3v) is 4.59. The van der Waals surface area contributed by atoms with Gasteiger partial charge in [-0.2, -0.15) is 10.2 Å². The third-order valence-electron chi connectivity index (χ3n) is 3.95. The van der Waals surface area contributed by atoms with Crippen molar-refractivity contribution in [2.45, 2.75) is 50.2 Å². The molecule has 0 radical (unpaired) electrons. The average Bonchev–Trinajstić information content (AvgIpc) is 2.68. The van der Waals surface area contributed by atoms with Gasteiger partial charge in [0.1, 0.15) is 21.9 Å². The fraction of sp³-hybridized carbons (Fsp3) is 0.800. The maximum atomic E-state index is 12.0. The lowest BCUT2D eigenvalue weighted by molar-refractivity contribution is -0.146. The van der Waals surface area contributed by atoms with Crippen LogP contribution in [0.4, 0.5) is 0 Å². The van der Waals surface area contributed by atoms with Crippen LogP contribution in [0.3, 0.4) is 0 Å². The second-order valence-electron chi connectivity index (χ2n) is 8.25. The van der Waals surface area contributed by atoms with E-state index in [-0.39, 0.29) is 51.2 Å². The van der Waals surface area contributed by atoms with E-state index in [0.717, 1.165) is 0 Å². The summed E-state index contributed by atoms with van der Waals surface area (Å²) in [4.78, 5) is 47.2. The molecule has 2 atom stereocenters. The van der Waals surface area contributed by atoms with Crippen LogP contribution >= 0.6 is 31.9 Å². The molecule has 2 N–H and O–H groups in total. The monoisotopic (exact) mass is 584 g/mol. The molecule has 0 bridgehead atoms. The van der Waals surface area contributed by atoms with Gasteiger partial charge in [-0.25, -0.2) is 0 Å². The minimum absolute atomic E-state index is 0.0769. The highest BCUT2D eigenvalue weighted by atomic mass is 79.9. The second-order valence-corrected chi connectivity index (χ2v) is 12.2. The normalized spacial score (nSPS) is 13.9. The molecule has 0 fully saturated rings. The summed E-state index contributed by atoms with van der Waals surface area (Å²) in [6.45, 7) is 11.0. The van der Waals surface area contributed by atoms with Crippen LogP contribution < -0.4 is 10.6 Å². The van der Waals surface area contributed by atoms with Crippen molar-refractivity contribution < 1.29 is 28.7 Å². The Balaban J connectivity index is 4.04. The van der Waals surface area contributed by atoms with E-state index >= 15 is 0 Å². The van der Waals surface area contributed by atoms with Crippen molar-refractivity contribution in [1.82, 2.24) is 10.6 Å². The molecule has 10 nitrogen and oxygen atoms in total. The van der Waals surface area contributed by atoms with E-state index < -0.39 is 32.4 Å². The second kappa shape index (κ2) is 14.6. The van der Waals surface area contributed by atoms with Crippen molar-refractivity contribution in [3.8, 4) is 0 Å². The molecule has 12 heteroatoms. The molecule has 0 saturated carbocycles. The van der Waals surface area contributed by atoms with Crippen LogP contribution in [0, 0.1) is 11.8 Å². The van der Waals surface area contributed by atoms with Crippen molar-refractivity contribution in [3.05, 3.63) is 0 Å². The number of halogens is 2. The van der Waals surface area contributed by atoms with Crippen molar-refractivity contribution in [2.24, 2.45) is 22.1 Å². The Morgan fingerprint density at radius 2 is 1.06 bits per heavy atom. The first-order chi connectivity index (χ1) is 14.7. The minimum atomic E-state index is -0.768. The number of esters is 2. The molecule has 0 aliphatic carbocycles. The third kappa shape index (κ3) is 13.8. The predicted molar refractivity (Wildman–Crippen MR) is 127 cm³/mol. The van der Waals surface area contributed by atoms with Gasteiger partial charge in [0.25, 0.3) is 0 Å². The van der Waals surface area contributed by atoms with Gasteiger partial charge in [0.2, 0.25) is 11.8 Å².